The van der Waals surface area contributed by atoms with E-state index < -0.39 is 63.7 Å². The third-order valence-electron chi connectivity index (χ3n) is 11.7. The standard InChI is InChI=1S/C52H42N8O12S4/c1-29(61)57-73(65,66)37-13-5-33(6-14-37)49-41-21-23-43(53-41)50(34-7-15-38(16-8-34)74(67,68)58-30(2)62)45-25-27-47(55-45)52(36-11-19-40(20-12-36)76(71,72)60-32(4)64)48-28-26-46(56-48)51(44-24-22-42(49)54-44)35-9-17-39(18-10-35)75(69,70)59-31(3)63/h5-28,53-54H,1-4H3,(H,57,61)(H,58,62)(H,59,63)(H,60,64). The fourth-order valence-corrected chi connectivity index (χ4v) is 12.6. The number of nitrogens with zero attached hydrogens (tertiary/aromatic N) is 2. The smallest absolute Gasteiger partial charge is 0.264 e. The van der Waals surface area contributed by atoms with Gasteiger partial charge in [-0.25, -0.2) is 62.5 Å². The maximum atomic E-state index is 13.1. The van der Waals surface area contributed by atoms with Crippen LogP contribution in [0.4, 0.5) is 0 Å². The number of benzene rings is 4. The van der Waals surface area contributed by atoms with Crippen LogP contribution in [0.3, 0.4) is 0 Å². The highest BCUT2D eigenvalue weighted by atomic mass is 32.2. The van der Waals surface area contributed by atoms with E-state index in [2.05, 4.69) is 9.97 Å². The first-order valence-electron chi connectivity index (χ1n) is 22.6. The fourth-order valence-electron chi connectivity index (χ4n) is 8.62. The molecule has 5 heterocycles. The van der Waals surface area contributed by atoms with Crippen molar-refractivity contribution in [2.24, 2.45) is 0 Å². The number of hydrogen-bond acceptors (Lipinski definition) is 14. The van der Waals surface area contributed by atoms with E-state index in [9.17, 15) is 52.8 Å². The number of hydrogen-bond donors (Lipinski definition) is 6. The summed E-state index contributed by atoms with van der Waals surface area (Å²) in [6, 6.07) is 30.2. The van der Waals surface area contributed by atoms with Crippen LogP contribution in [0.15, 0.2) is 141 Å². The molecule has 24 heteroatoms. The molecule has 0 saturated carbocycles. The first-order chi connectivity index (χ1) is 35.9. The van der Waals surface area contributed by atoms with Crippen molar-refractivity contribution in [1.29, 1.82) is 0 Å². The van der Waals surface area contributed by atoms with Crippen LogP contribution in [0.1, 0.15) is 50.5 Å². The molecule has 76 heavy (non-hydrogen) atoms. The fraction of sp³-hybridized carbons (Fsp3) is 0.0769. The number of aromatic amines is 2. The summed E-state index contributed by atoms with van der Waals surface area (Å²) < 4.78 is 112. The number of aromatic nitrogens is 4. The van der Waals surface area contributed by atoms with E-state index in [1.54, 1.807) is 85.0 Å². The monoisotopic (exact) mass is 1100 g/mol. The van der Waals surface area contributed by atoms with Crippen LogP contribution in [0, 0.1) is 0 Å². The zero-order valence-corrected chi connectivity index (χ0v) is 43.5. The van der Waals surface area contributed by atoms with Gasteiger partial charge in [-0.15, -0.1) is 0 Å². The Balaban J connectivity index is 1.39. The summed E-state index contributed by atoms with van der Waals surface area (Å²) in [5, 5.41) is 0. The second-order valence-corrected chi connectivity index (χ2v) is 24.0. The topological polar surface area (TPSA) is 310 Å². The van der Waals surface area contributed by atoms with E-state index >= 15 is 0 Å². The van der Waals surface area contributed by atoms with Crippen molar-refractivity contribution in [3.63, 3.8) is 0 Å². The molecule has 0 radical (unpaired) electrons. The number of rotatable bonds is 12. The molecule has 0 saturated heterocycles. The van der Waals surface area contributed by atoms with Gasteiger partial charge in [0.2, 0.25) is 23.6 Å². The van der Waals surface area contributed by atoms with Crippen molar-refractivity contribution in [3.05, 3.63) is 144 Å². The zero-order valence-electron chi connectivity index (χ0n) is 40.3. The van der Waals surface area contributed by atoms with Crippen molar-refractivity contribution in [3.8, 4) is 44.5 Å². The van der Waals surface area contributed by atoms with Gasteiger partial charge in [0.1, 0.15) is 0 Å². The lowest BCUT2D eigenvalue weighted by molar-refractivity contribution is -0.118. The Morgan fingerprint density at radius 1 is 0.316 bits per heavy atom. The summed E-state index contributed by atoms with van der Waals surface area (Å²) in [5.74, 6) is -3.12. The molecule has 7 aromatic rings. The van der Waals surface area contributed by atoms with Gasteiger partial charge < -0.3 is 9.97 Å². The first kappa shape index (κ1) is 52.0. The molecule has 9 rings (SSSR count). The summed E-state index contributed by atoms with van der Waals surface area (Å²) in [6.07, 6.45) is 6.91. The van der Waals surface area contributed by atoms with E-state index in [1.165, 1.54) is 60.7 Å². The average molecular weight is 1100 g/mol. The Bertz CT molecular complexity index is 4130. The Labute approximate surface area is 435 Å². The van der Waals surface area contributed by atoms with Gasteiger partial charge in [-0.2, -0.15) is 0 Å². The molecule has 0 atom stereocenters. The van der Waals surface area contributed by atoms with Gasteiger partial charge in [0, 0.05) is 72.0 Å². The zero-order chi connectivity index (χ0) is 54.5. The summed E-state index contributed by atoms with van der Waals surface area (Å²) >= 11 is 0. The Morgan fingerprint density at radius 2 is 0.526 bits per heavy atom. The maximum absolute atomic E-state index is 13.1. The third kappa shape index (κ3) is 10.6. The lowest BCUT2D eigenvalue weighted by Gasteiger charge is -2.09. The van der Waals surface area contributed by atoms with Gasteiger partial charge in [0.05, 0.1) is 42.4 Å². The molecule has 4 aromatic carbocycles. The predicted molar refractivity (Wildman–Crippen MR) is 285 cm³/mol. The molecule has 3 aromatic heterocycles. The molecule has 0 spiro atoms. The lowest BCUT2D eigenvalue weighted by Crippen LogP contribution is -2.28. The van der Waals surface area contributed by atoms with Crippen LogP contribution in [0.2, 0.25) is 0 Å². The van der Waals surface area contributed by atoms with Crippen molar-refractivity contribution in [2.45, 2.75) is 47.3 Å². The van der Waals surface area contributed by atoms with Gasteiger partial charge >= 0.3 is 0 Å². The van der Waals surface area contributed by atoms with Crippen LogP contribution in [0.5, 0.6) is 0 Å². The van der Waals surface area contributed by atoms with Crippen LogP contribution >= 0.6 is 0 Å². The largest absolute Gasteiger partial charge is 0.354 e. The molecule has 8 bridgehead atoms. The minimum Gasteiger partial charge on any atom is -0.354 e. The number of carbonyl (C=O) groups excluding carboxylic acids is 4. The van der Waals surface area contributed by atoms with E-state index in [0.717, 1.165) is 27.7 Å². The Hall–Kier alpha value is -8.84. The molecule has 2 aliphatic rings. The molecule has 20 nitrogen and oxygen atoms in total. The molecule has 6 N–H and O–H groups in total. The van der Waals surface area contributed by atoms with Crippen LogP contribution in [-0.4, -0.2) is 77.2 Å². The number of amides is 4. The molecule has 2 aliphatic heterocycles. The van der Waals surface area contributed by atoms with E-state index in [4.69, 9.17) is 9.97 Å². The van der Waals surface area contributed by atoms with Crippen LogP contribution < -0.4 is 18.9 Å². The number of sulfonamides is 4. The van der Waals surface area contributed by atoms with Crippen molar-refractivity contribution in [2.75, 3.05) is 0 Å². The van der Waals surface area contributed by atoms with Crippen molar-refractivity contribution >= 4 is 110 Å². The third-order valence-corrected chi connectivity index (χ3v) is 17.5. The van der Waals surface area contributed by atoms with Gasteiger partial charge in [0.25, 0.3) is 40.1 Å². The summed E-state index contributed by atoms with van der Waals surface area (Å²) in [4.78, 5) is 63.7. The summed E-state index contributed by atoms with van der Waals surface area (Å²) in [6.45, 7) is 4.30. The van der Waals surface area contributed by atoms with E-state index in [-0.39, 0.29) is 19.6 Å². The predicted octanol–water partition coefficient (Wildman–Crippen LogP) is 6.62. The van der Waals surface area contributed by atoms with Gasteiger partial charge in [-0.3, -0.25) is 19.2 Å². The SMILES string of the molecule is CC(=O)NS(=O)(=O)c1ccc(-c2c3nc(c(-c4ccc(S(=O)(=O)NC(C)=O)cc4)c4ccc([nH]4)c(-c4ccc(S(=O)(=O)NC(C)=O)cc4)c4ccc([nH]4)c(-c4ccc(S(=O)(=O)NC(C)=O)cc4)c4nc2C=C4)C=C3)cc1. The van der Waals surface area contributed by atoms with E-state index in [1.807, 2.05) is 18.9 Å². The first-order valence-corrected chi connectivity index (χ1v) is 28.5. The van der Waals surface area contributed by atoms with Crippen LogP contribution in [0.25, 0.3) is 90.9 Å². The van der Waals surface area contributed by atoms with Gasteiger partial charge in [-0.05, 0) is 119 Å². The molecule has 0 fully saturated rings. The average Bonchev–Trinajstić information content (AvgIpc) is 4.22. The van der Waals surface area contributed by atoms with Crippen molar-refractivity contribution < 1.29 is 52.8 Å². The molecular weight excluding hydrogens is 1060 g/mol. The highest BCUT2D eigenvalue weighted by molar-refractivity contribution is 7.91. The van der Waals surface area contributed by atoms with Crippen LogP contribution in [-0.2, 0) is 59.3 Å². The molecular formula is C52H42N8O12S4. The molecule has 4 amide bonds. The number of H-pyrrole nitrogens is 2. The second kappa shape index (κ2) is 19.8. The maximum Gasteiger partial charge on any atom is 0.264 e. The summed E-state index contributed by atoms with van der Waals surface area (Å²) in [5.41, 5.74) is 7.23. The van der Waals surface area contributed by atoms with Gasteiger partial charge in [-0.1, -0.05) is 48.5 Å². The second-order valence-electron chi connectivity index (χ2n) is 17.2. The number of fused-ring (bicyclic) bond motifs is 8. The van der Waals surface area contributed by atoms with Gasteiger partial charge in [0.15, 0.2) is 0 Å². The Morgan fingerprint density at radius 3 is 0.776 bits per heavy atom. The lowest BCUT2D eigenvalue weighted by atomic mass is 10.0. The molecule has 0 aliphatic carbocycles. The minimum atomic E-state index is -4.24. The quantitative estimate of drug-likeness (QED) is 0.0749. The molecule has 386 valence electrons. The number of carbonyl (C=O) groups is 4. The Kier molecular flexibility index (Phi) is 13.5. The highest BCUT2D eigenvalue weighted by Crippen LogP contribution is 2.39. The highest BCUT2D eigenvalue weighted by Gasteiger charge is 2.24. The normalized spacial score (nSPS) is 12.5. The summed E-state index contributed by atoms with van der Waals surface area (Å²) in [7, 11) is -16.9. The molecule has 0 unspecified atom stereocenters. The van der Waals surface area contributed by atoms with Crippen molar-refractivity contribution in [1.82, 2.24) is 38.8 Å². The minimum absolute atomic E-state index is 0.183. The number of nitrogens with one attached hydrogen (secondary N) is 6. The van der Waals surface area contributed by atoms with E-state index in [0.29, 0.717) is 89.4 Å².